The molecular weight excluding hydrogens is 456 g/mol. The van der Waals surface area contributed by atoms with Crippen molar-refractivity contribution in [2.24, 2.45) is 0 Å². The van der Waals surface area contributed by atoms with Gasteiger partial charge < -0.3 is 45.6 Å². The summed E-state index contributed by atoms with van der Waals surface area (Å²) in [5, 5.41) is 69.9. The van der Waals surface area contributed by atoms with Crippen LogP contribution in [0.2, 0.25) is 0 Å². The van der Waals surface area contributed by atoms with E-state index in [1.54, 1.807) is 0 Å². The number of phenols is 5. The highest BCUT2D eigenvalue weighted by Crippen LogP contribution is 2.26. The van der Waals surface area contributed by atoms with Crippen molar-refractivity contribution in [2.45, 2.75) is 0 Å². The van der Waals surface area contributed by atoms with Crippen LogP contribution in [0.15, 0.2) is 54.6 Å². The topological polar surface area (TPSA) is 222 Å². The lowest BCUT2D eigenvalue weighted by atomic mass is 10.2. The van der Waals surface area contributed by atoms with Crippen molar-refractivity contribution < 1.29 is 60.0 Å². The van der Waals surface area contributed by atoms with Gasteiger partial charge in [0.15, 0.2) is 11.5 Å². The molecule has 0 saturated heterocycles. The van der Waals surface area contributed by atoms with E-state index in [0.29, 0.717) is 0 Å². The highest BCUT2D eigenvalue weighted by Gasteiger charge is 2.10. The van der Waals surface area contributed by atoms with Crippen molar-refractivity contribution in [3.8, 4) is 34.5 Å². The molecule has 0 aliphatic heterocycles. The minimum Gasteiger partial charge on any atom is -0.508 e. The van der Waals surface area contributed by atoms with E-state index in [0.717, 1.165) is 24.3 Å². The van der Waals surface area contributed by atoms with Crippen molar-refractivity contribution >= 4 is 17.9 Å². The van der Waals surface area contributed by atoms with Gasteiger partial charge in [-0.2, -0.15) is 0 Å². The van der Waals surface area contributed by atoms with Crippen LogP contribution in [-0.2, 0) is 0 Å². The number of phenolic OH excluding ortho intramolecular Hbond substituents is 3. The summed E-state index contributed by atoms with van der Waals surface area (Å²) in [5.74, 6) is -4.56. The molecule has 8 N–H and O–H groups in total. The van der Waals surface area contributed by atoms with Gasteiger partial charge in [0.1, 0.15) is 34.1 Å². The molecule has 0 aliphatic carbocycles. The molecule has 3 aromatic rings. The van der Waals surface area contributed by atoms with E-state index in [4.69, 9.17) is 45.6 Å². The molecule has 0 unspecified atom stereocenters. The Morgan fingerprint density at radius 3 is 1.59 bits per heavy atom. The third kappa shape index (κ3) is 7.85. The standard InChI is InChI=1S/C8H8O4.2C7H6O4/c1-12-7-4-5(8(10)11)2-3-6(7)9;8-4-1-2-6(9)5(3-4)7(10)11;8-4-1-2-5(7(10)11)6(9)3-4/h2-4,9H,1H3,(H,10,11);2*1-3,8-9H,(H,10,11). The van der Waals surface area contributed by atoms with E-state index in [-0.39, 0.29) is 45.4 Å². The molecule has 3 aromatic carbocycles. The third-order valence-electron chi connectivity index (χ3n) is 3.85. The van der Waals surface area contributed by atoms with Gasteiger partial charge in [-0.25, -0.2) is 14.4 Å². The zero-order chi connectivity index (χ0) is 26.0. The molecule has 12 heteroatoms. The first-order valence-electron chi connectivity index (χ1n) is 8.98. The maximum Gasteiger partial charge on any atom is 0.339 e. The number of ether oxygens (including phenoxy) is 1. The van der Waals surface area contributed by atoms with Gasteiger partial charge in [-0.1, -0.05) is 0 Å². The highest BCUT2D eigenvalue weighted by molar-refractivity contribution is 5.91. The molecule has 0 fully saturated rings. The van der Waals surface area contributed by atoms with Crippen LogP contribution in [0.5, 0.6) is 34.5 Å². The van der Waals surface area contributed by atoms with E-state index in [2.05, 4.69) is 0 Å². The van der Waals surface area contributed by atoms with Gasteiger partial charge >= 0.3 is 17.9 Å². The zero-order valence-corrected chi connectivity index (χ0v) is 17.4. The second kappa shape index (κ2) is 12.0. The molecule has 0 saturated carbocycles. The van der Waals surface area contributed by atoms with E-state index in [9.17, 15) is 14.4 Å². The van der Waals surface area contributed by atoms with Crippen molar-refractivity contribution in [3.63, 3.8) is 0 Å². The normalized spacial score (nSPS) is 9.44. The van der Waals surface area contributed by atoms with Crippen molar-refractivity contribution in [1.82, 2.24) is 0 Å². The van der Waals surface area contributed by atoms with E-state index >= 15 is 0 Å². The van der Waals surface area contributed by atoms with Gasteiger partial charge in [0, 0.05) is 6.07 Å². The van der Waals surface area contributed by atoms with Gasteiger partial charge in [-0.05, 0) is 48.5 Å². The highest BCUT2D eigenvalue weighted by atomic mass is 16.5. The Morgan fingerprint density at radius 2 is 1.12 bits per heavy atom. The Bertz CT molecular complexity index is 1190. The molecule has 0 bridgehead atoms. The van der Waals surface area contributed by atoms with Crippen LogP contribution in [-0.4, -0.2) is 65.9 Å². The molecule has 0 heterocycles. The molecule has 3 rings (SSSR count). The number of aromatic carboxylic acids is 3. The molecule has 0 aliphatic rings. The average Bonchev–Trinajstić information content (AvgIpc) is 2.76. The number of methoxy groups -OCH3 is 1. The molecule has 180 valence electrons. The van der Waals surface area contributed by atoms with Crippen LogP contribution in [0.4, 0.5) is 0 Å². The Labute approximate surface area is 191 Å². The third-order valence-corrected chi connectivity index (χ3v) is 3.85. The molecule has 0 atom stereocenters. The Balaban J connectivity index is 0.000000255. The number of carboxylic acid groups (broad SMARTS) is 3. The van der Waals surface area contributed by atoms with Crippen molar-refractivity contribution in [3.05, 3.63) is 71.3 Å². The summed E-state index contributed by atoms with van der Waals surface area (Å²) in [7, 11) is 1.36. The van der Waals surface area contributed by atoms with Crippen molar-refractivity contribution in [2.75, 3.05) is 7.11 Å². The van der Waals surface area contributed by atoms with Crippen molar-refractivity contribution in [1.29, 1.82) is 0 Å². The van der Waals surface area contributed by atoms with E-state index in [1.807, 2.05) is 0 Å². The second-order valence-electron chi connectivity index (χ2n) is 6.20. The summed E-state index contributed by atoms with van der Waals surface area (Å²) in [6.45, 7) is 0. The van der Waals surface area contributed by atoms with Gasteiger partial charge in [0.25, 0.3) is 0 Å². The summed E-state index contributed by atoms with van der Waals surface area (Å²) in [4.78, 5) is 31.0. The van der Waals surface area contributed by atoms with Gasteiger partial charge in [-0.3, -0.25) is 0 Å². The van der Waals surface area contributed by atoms with Crippen LogP contribution in [0.25, 0.3) is 0 Å². The average molecular weight is 476 g/mol. The zero-order valence-electron chi connectivity index (χ0n) is 17.4. The first kappa shape index (κ1) is 26.9. The lowest BCUT2D eigenvalue weighted by molar-refractivity contribution is 0.0682. The summed E-state index contributed by atoms with van der Waals surface area (Å²) in [5.41, 5.74) is -0.433. The quantitative estimate of drug-likeness (QED) is 0.255. The Morgan fingerprint density at radius 1 is 0.588 bits per heavy atom. The molecule has 12 nitrogen and oxygen atoms in total. The first-order chi connectivity index (χ1) is 15.9. The number of carboxylic acids is 3. The van der Waals surface area contributed by atoms with Crippen LogP contribution >= 0.6 is 0 Å². The summed E-state index contributed by atoms with van der Waals surface area (Å²) < 4.78 is 4.72. The summed E-state index contributed by atoms with van der Waals surface area (Å²) >= 11 is 0. The fraction of sp³-hybridized carbons (Fsp3) is 0.0455. The number of hydrogen-bond acceptors (Lipinski definition) is 9. The van der Waals surface area contributed by atoms with E-state index in [1.165, 1.54) is 37.4 Å². The SMILES string of the molecule is COc1cc(C(=O)O)ccc1O.O=C(O)c1cc(O)ccc1O.O=C(O)c1ccc(O)cc1O. The van der Waals surface area contributed by atoms with Crippen LogP contribution in [0, 0.1) is 0 Å². The monoisotopic (exact) mass is 476 g/mol. The number of carbonyl (C=O) groups is 3. The van der Waals surface area contributed by atoms with Gasteiger partial charge in [-0.15, -0.1) is 0 Å². The summed E-state index contributed by atoms with van der Waals surface area (Å²) in [6.07, 6.45) is 0. The molecule has 0 amide bonds. The number of rotatable bonds is 4. The maximum atomic E-state index is 10.4. The fourth-order valence-corrected chi connectivity index (χ4v) is 2.21. The van der Waals surface area contributed by atoms with Crippen LogP contribution < -0.4 is 4.74 Å². The molecule has 0 spiro atoms. The molecule has 34 heavy (non-hydrogen) atoms. The van der Waals surface area contributed by atoms with Gasteiger partial charge in [0.05, 0.1) is 12.7 Å². The first-order valence-corrected chi connectivity index (χ1v) is 8.98. The fourth-order valence-electron chi connectivity index (χ4n) is 2.21. The van der Waals surface area contributed by atoms with Crippen LogP contribution in [0.3, 0.4) is 0 Å². The Kier molecular flexibility index (Phi) is 9.53. The predicted molar refractivity (Wildman–Crippen MR) is 115 cm³/mol. The molecule has 0 aromatic heterocycles. The largest absolute Gasteiger partial charge is 0.508 e. The lowest BCUT2D eigenvalue weighted by Gasteiger charge is -2.02. The smallest absolute Gasteiger partial charge is 0.339 e. The minimum absolute atomic E-state index is 0.0671. The second-order valence-corrected chi connectivity index (χ2v) is 6.20. The van der Waals surface area contributed by atoms with Crippen LogP contribution in [0.1, 0.15) is 31.1 Å². The predicted octanol–water partition coefficient (Wildman–Crippen LogP) is 2.69. The number of aromatic hydroxyl groups is 5. The summed E-state index contributed by atoms with van der Waals surface area (Å²) in [6, 6.07) is 10.5. The van der Waals surface area contributed by atoms with Gasteiger partial charge in [0.2, 0.25) is 0 Å². The molecule has 0 radical (unpaired) electrons. The lowest BCUT2D eigenvalue weighted by Crippen LogP contribution is -1.96. The van der Waals surface area contributed by atoms with E-state index < -0.39 is 23.7 Å². The molecular formula is C22H20O12. The minimum atomic E-state index is -1.27. The Hall–Kier alpha value is -5.13. The number of hydrogen-bond donors (Lipinski definition) is 8. The number of benzene rings is 3. The maximum absolute atomic E-state index is 10.4.